The van der Waals surface area contributed by atoms with Gasteiger partial charge in [0, 0.05) is 6.54 Å². The SMILES string of the molecule is CC(C)OCCN[C@@H](C)c1ccco1. The zero-order valence-electron chi connectivity index (χ0n) is 9.12. The fourth-order valence-corrected chi connectivity index (χ4v) is 1.21. The summed E-state index contributed by atoms with van der Waals surface area (Å²) < 4.78 is 10.7. The molecular weight excluding hydrogens is 178 g/mol. The van der Waals surface area contributed by atoms with E-state index in [2.05, 4.69) is 12.2 Å². The molecule has 0 saturated heterocycles. The van der Waals surface area contributed by atoms with E-state index in [-0.39, 0.29) is 6.04 Å². The summed E-state index contributed by atoms with van der Waals surface area (Å²) in [5, 5.41) is 3.32. The van der Waals surface area contributed by atoms with E-state index in [1.54, 1.807) is 6.26 Å². The minimum absolute atomic E-state index is 0.251. The van der Waals surface area contributed by atoms with Crippen molar-refractivity contribution in [2.45, 2.75) is 32.9 Å². The zero-order valence-corrected chi connectivity index (χ0v) is 9.12. The summed E-state index contributed by atoms with van der Waals surface area (Å²) in [7, 11) is 0. The van der Waals surface area contributed by atoms with Gasteiger partial charge in [0.05, 0.1) is 25.0 Å². The van der Waals surface area contributed by atoms with Crippen molar-refractivity contribution < 1.29 is 9.15 Å². The van der Waals surface area contributed by atoms with E-state index < -0.39 is 0 Å². The first-order chi connectivity index (χ1) is 6.70. The third-order valence-electron chi connectivity index (χ3n) is 1.97. The lowest BCUT2D eigenvalue weighted by molar-refractivity contribution is 0.0792. The highest BCUT2D eigenvalue weighted by Crippen LogP contribution is 2.11. The van der Waals surface area contributed by atoms with Gasteiger partial charge in [-0.3, -0.25) is 0 Å². The van der Waals surface area contributed by atoms with Crippen molar-refractivity contribution in [2.24, 2.45) is 0 Å². The monoisotopic (exact) mass is 197 g/mol. The van der Waals surface area contributed by atoms with Crippen LogP contribution < -0.4 is 5.32 Å². The normalized spacial score (nSPS) is 13.4. The van der Waals surface area contributed by atoms with Gasteiger partial charge < -0.3 is 14.5 Å². The highest BCUT2D eigenvalue weighted by molar-refractivity contribution is 5.02. The molecule has 0 fully saturated rings. The van der Waals surface area contributed by atoms with Gasteiger partial charge >= 0.3 is 0 Å². The van der Waals surface area contributed by atoms with Crippen molar-refractivity contribution in [3.63, 3.8) is 0 Å². The Kier molecular flexibility index (Phi) is 4.70. The summed E-state index contributed by atoms with van der Waals surface area (Å²) in [6.07, 6.45) is 1.99. The van der Waals surface area contributed by atoms with Crippen LogP contribution >= 0.6 is 0 Å². The fraction of sp³-hybridized carbons (Fsp3) is 0.636. The molecule has 0 saturated carbocycles. The summed E-state index contributed by atoms with van der Waals surface area (Å²) in [5.74, 6) is 0.967. The zero-order chi connectivity index (χ0) is 10.4. The molecule has 1 aromatic rings. The minimum atomic E-state index is 0.251. The van der Waals surface area contributed by atoms with Crippen molar-refractivity contribution in [1.29, 1.82) is 0 Å². The quantitative estimate of drug-likeness (QED) is 0.711. The van der Waals surface area contributed by atoms with Gasteiger partial charge in [0.2, 0.25) is 0 Å². The Morgan fingerprint density at radius 1 is 1.43 bits per heavy atom. The molecule has 0 aliphatic rings. The first kappa shape index (κ1) is 11.3. The molecule has 0 radical (unpaired) electrons. The van der Waals surface area contributed by atoms with Crippen LogP contribution in [0.1, 0.15) is 32.6 Å². The van der Waals surface area contributed by atoms with Crippen LogP contribution in [-0.2, 0) is 4.74 Å². The van der Waals surface area contributed by atoms with Crippen LogP contribution in [0.4, 0.5) is 0 Å². The fourth-order valence-electron chi connectivity index (χ4n) is 1.21. The van der Waals surface area contributed by atoms with Gasteiger partial charge in [0.1, 0.15) is 5.76 Å². The molecule has 1 N–H and O–H groups in total. The molecule has 0 amide bonds. The van der Waals surface area contributed by atoms with E-state index in [1.807, 2.05) is 26.0 Å². The molecular formula is C11H19NO2. The molecule has 0 bridgehead atoms. The number of nitrogens with one attached hydrogen (secondary N) is 1. The largest absolute Gasteiger partial charge is 0.468 e. The Morgan fingerprint density at radius 2 is 2.21 bits per heavy atom. The maximum atomic E-state index is 5.42. The topological polar surface area (TPSA) is 34.4 Å². The molecule has 80 valence electrons. The molecule has 0 unspecified atom stereocenters. The molecule has 1 aromatic heterocycles. The summed E-state index contributed by atoms with van der Waals surface area (Å²) in [5.41, 5.74) is 0. The Labute approximate surface area is 85.4 Å². The third kappa shape index (κ3) is 3.94. The van der Waals surface area contributed by atoms with Gasteiger partial charge in [-0.15, -0.1) is 0 Å². The van der Waals surface area contributed by atoms with Gasteiger partial charge in [0.25, 0.3) is 0 Å². The Hall–Kier alpha value is -0.800. The third-order valence-corrected chi connectivity index (χ3v) is 1.97. The van der Waals surface area contributed by atoms with E-state index in [0.717, 1.165) is 18.9 Å². The predicted molar refractivity (Wildman–Crippen MR) is 56.2 cm³/mol. The van der Waals surface area contributed by atoms with Crippen LogP contribution in [0.2, 0.25) is 0 Å². The maximum absolute atomic E-state index is 5.42. The second kappa shape index (κ2) is 5.83. The minimum Gasteiger partial charge on any atom is -0.468 e. The van der Waals surface area contributed by atoms with Crippen LogP contribution in [0, 0.1) is 0 Å². The van der Waals surface area contributed by atoms with Crippen molar-refractivity contribution in [1.82, 2.24) is 5.32 Å². The lowest BCUT2D eigenvalue weighted by atomic mass is 10.2. The first-order valence-electron chi connectivity index (χ1n) is 5.08. The maximum Gasteiger partial charge on any atom is 0.120 e. The smallest absolute Gasteiger partial charge is 0.120 e. The molecule has 1 rings (SSSR count). The Balaban J connectivity index is 2.13. The summed E-state index contributed by atoms with van der Waals surface area (Å²) in [4.78, 5) is 0. The summed E-state index contributed by atoms with van der Waals surface area (Å²) in [6.45, 7) is 7.74. The molecule has 3 heteroatoms. The molecule has 3 nitrogen and oxygen atoms in total. The standard InChI is InChI=1S/C11H19NO2/c1-9(2)13-8-6-12-10(3)11-5-4-7-14-11/h4-5,7,9-10,12H,6,8H2,1-3H3/t10-/m0/s1. The number of hydrogen-bond acceptors (Lipinski definition) is 3. The molecule has 1 heterocycles. The number of furan rings is 1. The number of ether oxygens (including phenoxy) is 1. The van der Waals surface area contributed by atoms with E-state index in [4.69, 9.17) is 9.15 Å². The van der Waals surface area contributed by atoms with Crippen LogP contribution in [0.3, 0.4) is 0 Å². The van der Waals surface area contributed by atoms with Crippen LogP contribution in [-0.4, -0.2) is 19.3 Å². The van der Waals surface area contributed by atoms with Gasteiger partial charge in [-0.1, -0.05) is 0 Å². The number of hydrogen-bond donors (Lipinski definition) is 1. The predicted octanol–water partition coefficient (Wildman–Crippen LogP) is 2.36. The Morgan fingerprint density at radius 3 is 2.79 bits per heavy atom. The molecule has 0 spiro atoms. The van der Waals surface area contributed by atoms with E-state index in [9.17, 15) is 0 Å². The second-order valence-corrected chi connectivity index (χ2v) is 3.61. The summed E-state index contributed by atoms with van der Waals surface area (Å²) >= 11 is 0. The van der Waals surface area contributed by atoms with Crippen LogP contribution in [0.15, 0.2) is 22.8 Å². The van der Waals surface area contributed by atoms with Gasteiger partial charge in [-0.25, -0.2) is 0 Å². The van der Waals surface area contributed by atoms with Crippen molar-refractivity contribution in [2.75, 3.05) is 13.2 Å². The van der Waals surface area contributed by atoms with E-state index in [1.165, 1.54) is 0 Å². The lowest BCUT2D eigenvalue weighted by Gasteiger charge is -2.12. The van der Waals surface area contributed by atoms with Crippen molar-refractivity contribution in [3.8, 4) is 0 Å². The average molecular weight is 197 g/mol. The molecule has 0 aliphatic heterocycles. The molecule has 14 heavy (non-hydrogen) atoms. The molecule has 0 aliphatic carbocycles. The van der Waals surface area contributed by atoms with Crippen molar-refractivity contribution in [3.05, 3.63) is 24.2 Å². The molecule has 1 atom stereocenters. The summed E-state index contributed by atoms with van der Waals surface area (Å²) in [6, 6.07) is 4.12. The first-order valence-corrected chi connectivity index (χ1v) is 5.08. The lowest BCUT2D eigenvalue weighted by Crippen LogP contribution is -2.24. The second-order valence-electron chi connectivity index (χ2n) is 3.61. The van der Waals surface area contributed by atoms with Gasteiger partial charge in [0.15, 0.2) is 0 Å². The highest BCUT2D eigenvalue weighted by atomic mass is 16.5. The van der Waals surface area contributed by atoms with E-state index in [0.29, 0.717) is 6.10 Å². The number of rotatable bonds is 6. The highest BCUT2D eigenvalue weighted by Gasteiger charge is 2.06. The molecule has 0 aromatic carbocycles. The van der Waals surface area contributed by atoms with Crippen LogP contribution in [0.5, 0.6) is 0 Å². The van der Waals surface area contributed by atoms with Gasteiger partial charge in [-0.05, 0) is 32.9 Å². The Bertz CT molecular complexity index is 231. The van der Waals surface area contributed by atoms with Gasteiger partial charge in [-0.2, -0.15) is 0 Å². The van der Waals surface area contributed by atoms with Crippen LogP contribution in [0.25, 0.3) is 0 Å². The van der Waals surface area contributed by atoms with Crippen molar-refractivity contribution >= 4 is 0 Å². The van der Waals surface area contributed by atoms with E-state index >= 15 is 0 Å². The average Bonchev–Trinajstić information content (AvgIpc) is 2.64.